The van der Waals surface area contributed by atoms with Crippen LogP contribution in [0.1, 0.15) is 50.4 Å². The average molecular weight is 467 g/mol. The molecule has 0 saturated carbocycles. The molecular formula is C23H28F3N3O4. The first kappa shape index (κ1) is 23.7. The highest BCUT2D eigenvalue weighted by Crippen LogP contribution is 2.42. The number of carbonyl (C=O) groups excluding carboxylic acids is 2. The van der Waals surface area contributed by atoms with Crippen LogP contribution < -0.4 is 0 Å². The van der Waals surface area contributed by atoms with Crippen LogP contribution in [0.3, 0.4) is 0 Å². The predicted molar refractivity (Wildman–Crippen MR) is 112 cm³/mol. The van der Waals surface area contributed by atoms with Gasteiger partial charge in [0.15, 0.2) is 0 Å². The second kappa shape index (κ2) is 8.09. The van der Waals surface area contributed by atoms with Crippen molar-refractivity contribution in [2.45, 2.75) is 64.0 Å². The molecule has 1 spiro atoms. The van der Waals surface area contributed by atoms with Crippen molar-refractivity contribution in [2.24, 2.45) is 0 Å². The normalized spacial score (nSPS) is 21.4. The number of aliphatic hydroxyl groups is 1. The molecule has 0 bridgehead atoms. The van der Waals surface area contributed by atoms with Crippen molar-refractivity contribution in [3.8, 4) is 0 Å². The molecule has 3 aliphatic rings. The number of ether oxygens (including phenoxy) is 1. The van der Waals surface area contributed by atoms with E-state index in [9.17, 15) is 27.9 Å². The van der Waals surface area contributed by atoms with E-state index in [0.29, 0.717) is 62.3 Å². The lowest BCUT2D eigenvalue weighted by Crippen LogP contribution is -2.52. The van der Waals surface area contributed by atoms with Crippen molar-refractivity contribution >= 4 is 11.9 Å². The van der Waals surface area contributed by atoms with E-state index in [0.717, 1.165) is 12.3 Å². The molecule has 0 aliphatic carbocycles. The van der Waals surface area contributed by atoms with Gasteiger partial charge in [0.2, 0.25) is 0 Å². The molecule has 1 saturated heterocycles. The number of carbonyl (C=O) groups is 2. The Morgan fingerprint density at radius 3 is 2.52 bits per heavy atom. The Hall–Kier alpha value is -2.46. The van der Waals surface area contributed by atoms with Gasteiger partial charge in [-0.05, 0) is 32.4 Å². The van der Waals surface area contributed by atoms with Crippen LogP contribution >= 0.6 is 0 Å². The standard InChI is InChI=1S/C23H28F3N3O4/c1-14-18(22(33-20(14)31)5-8-28(9-6-22)13-21(2,3)32)19(30)29-7-4-17-15(12-29)10-16(11-27-17)23(24,25)26/h10-11,32H,4-9,12-13H2,1-3H3. The second-order valence-electron chi connectivity index (χ2n) is 9.78. The van der Waals surface area contributed by atoms with Gasteiger partial charge in [0.25, 0.3) is 5.91 Å². The fraction of sp³-hybridized carbons (Fsp3) is 0.609. The van der Waals surface area contributed by atoms with Crippen molar-refractivity contribution in [3.63, 3.8) is 0 Å². The number of rotatable bonds is 3. The molecule has 3 aliphatic heterocycles. The van der Waals surface area contributed by atoms with Gasteiger partial charge in [-0.25, -0.2) is 4.79 Å². The van der Waals surface area contributed by atoms with E-state index in [4.69, 9.17) is 4.74 Å². The number of amides is 1. The number of hydrogen-bond donors (Lipinski definition) is 1. The van der Waals surface area contributed by atoms with E-state index in [1.54, 1.807) is 20.8 Å². The van der Waals surface area contributed by atoms with Gasteiger partial charge in [0.1, 0.15) is 5.60 Å². The highest BCUT2D eigenvalue weighted by molar-refractivity contribution is 6.07. The number of hydrogen-bond acceptors (Lipinski definition) is 6. The van der Waals surface area contributed by atoms with Gasteiger partial charge in [-0.2, -0.15) is 13.2 Å². The third-order valence-electron chi connectivity index (χ3n) is 6.57. The van der Waals surface area contributed by atoms with E-state index in [1.165, 1.54) is 4.90 Å². The van der Waals surface area contributed by atoms with Crippen LogP contribution in [0, 0.1) is 0 Å². The molecule has 1 aromatic heterocycles. The molecule has 33 heavy (non-hydrogen) atoms. The minimum absolute atomic E-state index is 0.00301. The molecule has 0 atom stereocenters. The Kier molecular flexibility index (Phi) is 5.81. The second-order valence-corrected chi connectivity index (χ2v) is 9.78. The summed E-state index contributed by atoms with van der Waals surface area (Å²) >= 11 is 0. The number of esters is 1. The Morgan fingerprint density at radius 1 is 1.24 bits per heavy atom. The maximum atomic E-state index is 13.6. The van der Waals surface area contributed by atoms with Crippen LogP contribution in [-0.4, -0.2) is 69.1 Å². The van der Waals surface area contributed by atoms with Crippen molar-refractivity contribution in [1.82, 2.24) is 14.8 Å². The van der Waals surface area contributed by atoms with E-state index >= 15 is 0 Å². The summed E-state index contributed by atoms with van der Waals surface area (Å²) in [6.45, 7) is 6.85. The fourth-order valence-corrected chi connectivity index (χ4v) is 4.99. The van der Waals surface area contributed by atoms with Crippen LogP contribution in [0.5, 0.6) is 0 Å². The van der Waals surface area contributed by atoms with Gasteiger partial charge in [0.05, 0.1) is 16.7 Å². The summed E-state index contributed by atoms with van der Waals surface area (Å²) in [7, 11) is 0. The first-order valence-electron chi connectivity index (χ1n) is 11.0. The number of nitrogens with zero attached hydrogens (tertiary/aromatic N) is 3. The third kappa shape index (κ3) is 4.63. The highest BCUT2D eigenvalue weighted by atomic mass is 19.4. The molecule has 0 radical (unpaired) electrons. The topological polar surface area (TPSA) is 83.0 Å². The van der Waals surface area contributed by atoms with Crippen LogP contribution in [0.4, 0.5) is 13.2 Å². The Bertz CT molecular complexity index is 1010. The van der Waals surface area contributed by atoms with Crippen LogP contribution in [0.25, 0.3) is 0 Å². The summed E-state index contributed by atoms with van der Waals surface area (Å²) in [6.07, 6.45) is -2.52. The molecule has 1 amide bonds. The van der Waals surface area contributed by atoms with Crippen molar-refractivity contribution in [2.75, 3.05) is 26.2 Å². The molecule has 4 rings (SSSR count). The number of piperidine rings is 1. The Labute approximate surface area is 190 Å². The van der Waals surface area contributed by atoms with E-state index in [2.05, 4.69) is 9.88 Å². The molecule has 1 N–H and O–H groups in total. The monoisotopic (exact) mass is 467 g/mol. The zero-order chi connectivity index (χ0) is 24.2. The minimum Gasteiger partial charge on any atom is -0.450 e. The average Bonchev–Trinajstić information content (AvgIpc) is 2.96. The maximum Gasteiger partial charge on any atom is 0.417 e. The number of pyridine rings is 1. The number of likely N-dealkylation sites (tertiary alicyclic amines) is 1. The Balaban J connectivity index is 1.55. The van der Waals surface area contributed by atoms with E-state index in [-0.39, 0.29) is 18.0 Å². The summed E-state index contributed by atoms with van der Waals surface area (Å²) in [6, 6.07) is 1.05. The smallest absolute Gasteiger partial charge is 0.417 e. The largest absolute Gasteiger partial charge is 0.450 e. The molecular weight excluding hydrogens is 439 g/mol. The van der Waals surface area contributed by atoms with Gasteiger partial charge < -0.3 is 19.6 Å². The number of aromatic nitrogens is 1. The third-order valence-corrected chi connectivity index (χ3v) is 6.57. The van der Waals surface area contributed by atoms with E-state index in [1.807, 2.05) is 0 Å². The zero-order valence-corrected chi connectivity index (χ0v) is 19.0. The predicted octanol–water partition coefficient (Wildman–Crippen LogP) is 2.46. The van der Waals surface area contributed by atoms with Crippen molar-refractivity contribution < 1.29 is 32.6 Å². The molecule has 180 valence electrons. The number of alkyl halides is 3. The van der Waals surface area contributed by atoms with Crippen molar-refractivity contribution in [1.29, 1.82) is 0 Å². The summed E-state index contributed by atoms with van der Waals surface area (Å²) < 4.78 is 45.1. The minimum atomic E-state index is -4.51. The summed E-state index contributed by atoms with van der Waals surface area (Å²) in [5.74, 6) is -0.912. The SMILES string of the molecule is CC1=C(C(=O)N2CCc3ncc(C(F)(F)F)cc3C2)C2(CCN(CC(C)(C)O)CC2)OC1=O. The lowest BCUT2D eigenvalue weighted by Gasteiger charge is -2.42. The number of β-amino-alcohol motifs (C(OH)–C–C–N with tert-alkyl or cyclic N) is 1. The number of fused-ring (bicyclic) bond motifs is 1. The molecule has 7 nitrogen and oxygen atoms in total. The molecule has 10 heteroatoms. The van der Waals surface area contributed by atoms with E-state index < -0.39 is 28.9 Å². The van der Waals surface area contributed by atoms with Gasteiger partial charge in [-0.3, -0.25) is 9.78 Å². The maximum absolute atomic E-state index is 13.6. The highest BCUT2D eigenvalue weighted by Gasteiger charge is 2.52. The molecule has 0 aromatic carbocycles. The van der Waals surface area contributed by atoms with Crippen molar-refractivity contribution in [3.05, 3.63) is 40.2 Å². The fourth-order valence-electron chi connectivity index (χ4n) is 4.99. The van der Waals surface area contributed by atoms with Crippen LogP contribution in [-0.2, 0) is 33.5 Å². The van der Waals surface area contributed by atoms with Gasteiger partial charge >= 0.3 is 12.1 Å². The summed E-state index contributed by atoms with van der Waals surface area (Å²) in [4.78, 5) is 33.5. The quantitative estimate of drug-likeness (QED) is 0.688. The Morgan fingerprint density at radius 2 is 1.91 bits per heavy atom. The molecule has 1 fully saturated rings. The molecule has 1 aromatic rings. The first-order valence-corrected chi connectivity index (χ1v) is 11.0. The first-order chi connectivity index (χ1) is 15.3. The molecule has 0 unspecified atom stereocenters. The van der Waals surface area contributed by atoms with Crippen LogP contribution in [0.2, 0.25) is 0 Å². The number of halogens is 3. The molecule has 4 heterocycles. The van der Waals surface area contributed by atoms with Gasteiger partial charge in [0, 0.05) is 69.5 Å². The van der Waals surface area contributed by atoms with Crippen LogP contribution in [0.15, 0.2) is 23.4 Å². The zero-order valence-electron chi connectivity index (χ0n) is 19.0. The lowest BCUT2D eigenvalue weighted by molar-refractivity contribution is -0.152. The summed E-state index contributed by atoms with van der Waals surface area (Å²) in [5, 5.41) is 10.1. The summed E-state index contributed by atoms with van der Waals surface area (Å²) in [5.41, 5.74) is -1.29. The van der Waals surface area contributed by atoms with Gasteiger partial charge in [-0.1, -0.05) is 0 Å². The van der Waals surface area contributed by atoms with Gasteiger partial charge in [-0.15, -0.1) is 0 Å². The lowest BCUT2D eigenvalue weighted by atomic mass is 9.82.